The van der Waals surface area contributed by atoms with Crippen LogP contribution in [0.4, 0.5) is 24.5 Å². The Morgan fingerprint density at radius 3 is 2.68 bits per heavy atom. The van der Waals surface area contributed by atoms with Crippen LogP contribution in [0.15, 0.2) is 64.1 Å². The van der Waals surface area contributed by atoms with Crippen molar-refractivity contribution in [2.24, 2.45) is 0 Å². The summed E-state index contributed by atoms with van der Waals surface area (Å²) in [7, 11) is 0. The van der Waals surface area contributed by atoms with Gasteiger partial charge in [0.15, 0.2) is 5.58 Å². The number of nitro benzene ring substituents is 1. The van der Waals surface area contributed by atoms with Crippen LogP contribution in [-0.4, -0.2) is 25.2 Å². The Morgan fingerprint density at radius 2 is 2.00 bits per heavy atom. The Hall–Kier alpha value is -4.42. The van der Waals surface area contributed by atoms with E-state index in [-0.39, 0.29) is 42.0 Å². The van der Waals surface area contributed by atoms with Gasteiger partial charge in [-0.15, -0.1) is 0 Å². The van der Waals surface area contributed by atoms with E-state index >= 15 is 0 Å². The molecule has 0 fully saturated rings. The fourth-order valence-electron chi connectivity index (χ4n) is 3.41. The number of carbonyl (C=O) groups excluding carboxylic acids is 1. The maximum absolute atomic E-state index is 13.2. The van der Waals surface area contributed by atoms with Crippen molar-refractivity contribution in [3.8, 4) is 5.69 Å². The van der Waals surface area contributed by atoms with Gasteiger partial charge in [-0.05, 0) is 36.8 Å². The lowest BCUT2D eigenvalue weighted by atomic mass is 10.1. The van der Waals surface area contributed by atoms with Crippen molar-refractivity contribution in [1.29, 1.82) is 0 Å². The predicted octanol–water partition coefficient (Wildman–Crippen LogP) is 4.13. The molecule has 2 aromatic carbocycles. The van der Waals surface area contributed by atoms with Crippen molar-refractivity contribution in [2.75, 3.05) is 5.32 Å². The number of non-ortho nitro benzene ring substituents is 1. The van der Waals surface area contributed by atoms with Crippen LogP contribution < -0.4 is 11.1 Å². The molecule has 0 spiro atoms. The van der Waals surface area contributed by atoms with Gasteiger partial charge < -0.3 is 9.73 Å². The van der Waals surface area contributed by atoms with Gasteiger partial charge in [-0.3, -0.25) is 19.5 Å². The van der Waals surface area contributed by atoms with Crippen LogP contribution in [0.3, 0.4) is 0 Å². The molecule has 0 saturated heterocycles. The minimum Gasteiger partial charge on any atom is -0.407 e. The van der Waals surface area contributed by atoms with Crippen molar-refractivity contribution >= 4 is 28.4 Å². The highest BCUT2D eigenvalue weighted by Crippen LogP contribution is 2.33. The maximum Gasteiger partial charge on any atom is 0.419 e. The Balaban J connectivity index is 1.48. The zero-order valence-corrected chi connectivity index (χ0v) is 17.3. The van der Waals surface area contributed by atoms with E-state index in [2.05, 4.69) is 10.4 Å². The average Bonchev–Trinajstić information content (AvgIpc) is 3.40. The number of carbonyl (C=O) groups is 1. The quantitative estimate of drug-likeness (QED) is 0.317. The largest absolute Gasteiger partial charge is 0.419 e. The van der Waals surface area contributed by atoms with Gasteiger partial charge >= 0.3 is 11.9 Å². The van der Waals surface area contributed by atoms with Gasteiger partial charge in [0.2, 0.25) is 5.91 Å². The summed E-state index contributed by atoms with van der Waals surface area (Å²) < 4.78 is 47.1. The van der Waals surface area contributed by atoms with E-state index < -0.39 is 28.3 Å². The summed E-state index contributed by atoms with van der Waals surface area (Å²) in [6.07, 6.45) is -1.57. The van der Waals surface area contributed by atoms with Gasteiger partial charge in [0.25, 0.3) is 5.69 Å². The number of halogens is 3. The van der Waals surface area contributed by atoms with E-state index in [1.807, 2.05) is 0 Å². The molecule has 2 aromatic heterocycles. The van der Waals surface area contributed by atoms with Crippen LogP contribution in [0.5, 0.6) is 0 Å². The maximum atomic E-state index is 13.2. The standard InChI is InChI=1S/C21H16F3N5O5/c22-21(23,24)13-4-6-16(28-10-2-8-25-28)15(11-13)26-19(30)3-1-9-27-17-7-5-14(29(32)33)12-18(17)34-20(27)31/h2,4-8,10-12H,1,3,9H2,(H,26,30). The number of fused-ring (bicyclic) bond motifs is 1. The molecule has 0 aliphatic rings. The van der Waals surface area contributed by atoms with Gasteiger partial charge in [0.05, 0.1) is 33.4 Å². The summed E-state index contributed by atoms with van der Waals surface area (Å²) in [5, 5.41) is 17.3. The van der Waals surface area contributed by atoms with Crippen LogP contribution in [0.25, 0.3) is 16.8 Å². The second-order valence-electron chi connectivity index (χ2n) is 7.26. The second kappa shape index (κ2) is 8.84. The molecule has 2 heterocycles. The third-order valence-electron chi connectivity index (χ3n) is 5.00. The smallest absolute Gasteiger partial charge is 0.407 e. The number of nitrogens with one attached hydrogen (secondary N) is 1. The van der Waals surface area contributed by atoms with E-state index in [0.717, 1.165) is 18.2 Å². The molecule has 10 nitrogen and oxygen atoms in total. The first-order chi connectivity index (χ1) is 16.1. The molecule has 0 radical (unpaired) electrons. The molecular formula is C21H16F3N5O5. The molecule has 0 aliphatic heterocycles. The number of anilines is 1. The minimum atomic E-state index is -4.60. The van der Waals surface area contributed by atoms with Crippen LogP contribution in [0, 0.1) is 10.1 Å². The zero-order chi connectivity index (χ0) is 24.5. The molecule has 13 heteroatoms. The Morgan fingerprint density at radius 1 is 1.21 bits per heavy atom. The van der Waals surface area contributed by atoms with E-state index in [1.54, 1.807) is 6.07 Å². The minimum absolute atomic E-state index is 0.0384. The number of alkyl halides is 3. The average molecular weight is 475 g/mol. The Kier molecular flexibility index (Phi) is 5.92. The molecule has 1 amide bonds. The van der Waals surface area contributed by atoms with Crippen molar-refractivity contribution in [1.82, 2.24) is 14.3 Å². The lowest BCUT2D eigenvalue weighted by Gasteiger charge is -2.14. The molecule has 1 N–H and O–H groups in total. The van der Waals surface area contributed by atoms with Gasteiger partial charge in [-0.2, -0.15) is 18.3 Å². The van der Waals surface area contributed by atoms with Crippen LogP contribution in [0.1, 0.15) is 18.4 Å². The molecule has 4 aromatic rings. The normalized spacial score (nSPS) is 11.6. The second-order valence-corrected chi connectivity index (χ2v) is 7.26. The number of nitro groups is 1. The number of hydrogen-bond acceptors (Lipinski definition) is 6. The number of nitrogens with zero attached hydrogens (tertiary/aromatic N) is 4. The molecule has 0 unspecified atom stereocenters. The monoisotopic (exact) mass is 475 g/mol. The first-order valence-electron chi connectivity index (χ1n) is 9.92. The van der Waals surface area contributed by atoms with E-state index in [4.69, 9.17) is 4.42 Å². The number of benzene rings is 2. The van der Waals surface area contributed by atoms with Crippen LogP contribution in [-0.2, 0) is 17.5 Å². The number of amides is 1. The van der Waals surface area contributed by atoms with Gasteiger partial charge in [-0.25, -0.2) is 9.48 Å². The highest BCUT2D eigenvalue weighted by Gasteiger charge is 2.31. The highest BCUT2D eigenvalue weighted by atomic mass is 19.4. The van der Waals surface area contributed by atoms with E-state index in [9.17, 15) is 32.9 Å². The van der Waals surface area contributed by atoms with Crippen molar-refractivity contribution in [3.05, 3.63) is 81.1 Å². The summed E-state index contributed by atoms with van der Waals surface area (Å²) in [5.74, 6) is -1.31. The number of aromatic nitrogens is 3. The Labute approximate surface area is 188 Å². The third-order valence-corrected chi connectivity index (χ3v) is 5.00. The number of oxazole rings is 1. The van der Waals surface area contributed by atoms with E-state index in [0.29, 0.717) is 5.52 Å². The van der Waals surface area contributed by atoms with E-state index in [1.165, 1.54) is 39.8 Å². The highest BCUT2D eigenvalue weighted by molar-refractivity contribution is 5.93. The molecule has 0 saturated carbocycles. The fourth-order valence-corrected chi connectivity index (χ4v) is 3.41. The lowest BCUT2D eigenvalue weighted by molar-refractivity contribution is -0.384. The molecule has 34 heavy (non-hydrogen) atoms. The zero-order valence-electron chi connectivity index (χ0n) is 17.3. The number of aryl methyl sites for hydroxylation is 1. The topological polar surface area (TPSA) is 125 Å². The summed E-state index contributed by atoms with van der Waals surface area (Å²) in [4.78, 5) is 34.8. The summed E-state index contributed by atoms with van der Waals surface area (Å²) in [5.41, 5.74) is -0.607. The third kappa shape index (κ3) is 4.67. The summed E-state index contributed by atoms with van der Waals surface area (Å²) in [6.45, 7) is 0.0612. The van der Waals surface area contributed by atoms with Crippen LogP contribution >= 0.6 is 0 Å². The summed E-state index contributed by atoms with van der Waals surface area (Å²) in [6, 6.07) is 8.25. The van der Waals surface area contributed by atoms with Gasteiger partial charge in [-0.1, -0.05) is 0 Å². The van der Waals surface area contributed by atoms with Gasteiger partial charge in [0.1, 0.15) is 0 Å². The molecule has 0 aliphatic carbocycles. The van der Waals surface area contributed by atoms with Crippen LogP contribution in [0.2, 0.25) is 0 Å². The number of hydrogen-bond donors (Lipinski definition) is 1. The molecule has 0 bridgehead atoms. The SMILES string of the molecule is O=C(CCCn1c(=O)oc2cc([N+](=O)[O-])ccc21)Nc1cc(C(F)(F)F)ccc1-n1cccn1. The first kappa shape index (κ1) is 22.8. The molecular weight excluding hydrogens is 459 g/mol. The van der Waals surface area contributed by atoms with Crippen molar-refractivity contribution < 1.29 is 27.3 Å². The molecule has 0 atom stereocenters. The molecule has 4 rings (SSSR count). The predicted molar refractivity (Wildman–Crippen MR) is 114 cm³/mol. The fraction of sp³-hybridized carbons (Fsp3) is 0.190. The molecule has 176 valence electrons. The summed E-state index contributed by atoms with van der Waals surface area (Å²) >= 11 is 0. The Bertz CT molecular complexity index is 1420. The first-order valence-corrected chi connectivity index (χ1v) is 9.92. The number of rotatable bonds is 7. The van der Waals surface area contributed by atoms with Gasteiger partial charge in [0, 0.05) is 31.4 Å². The van der Waals surface area contributed by atoms with Crippen molar-refractivity contribution in [3.63, 3.8) is 0 Å². The lowest BCUT2D eigenvalue weighted by Crippen LogP contribution is -2.18. The van der Waals surface area contributed by atoms with Crippen molar-refractivity contribution in [2.45, 2.75) is 25.6 Å².